The van der Waals surface area contributed by atoms with Crippen molar-refractivity contribution in [2.45, 2.75) is 229 Å². The van der Waals surface area contributed by atoms with Crippen molar-refractivity contribution in [2.24, 2.45) is 73.2 Å². The van der Waals surface area contributed by atoms with Crippen LogP contribution in [0.4, 0.5) is 0 Å². The Morgan fingerprint density at radius 1 is 0.545 bits per heavy atom. The molecule has 0 bridgehead atoms. The SMILES string of the molecule is CC(C)(C)C(=O)C1CCCC1.CC(C)(C)C(=O)CN.CC(C)(C)C(=O)OCCCN.CC(C)[C@H](N)C(=O)C(C)(C)C.C[C@@H](CC(=O)OC(C)(C)C)C(=O)C(C)(C)C.C[C@H](N)C(=O)C(C)(C)C. The van der Waals surface area contributed by atoms with E-state index in [2.05, 4.69) is 0 Å². The van der Waals surface area contributed by atoms with Crippen molar-refractivity contribution in [3.05, 3.63) is 0 Å². The molecule has 66 heavy (non-hydrogen) atoms. The lowest BCUT2D eigenvalue weighted by Crippen LogP contribution is -2.42. The van der Waals surface area contributed by atoms with Crippen LogP contribution in [0, 0.1) is 50.2 Å². The van der Waals surface area contributed by atoms with Crippen LogP contribution in [0.15, 0.2) is 0 Å². The van der Waals surface area contributed by atoms with Crippen LogP contribution < -0.4 is 22.9 Å². The van der Waals surface area contributed by atoms with E-state index in [1.165, 1.54) is 12.8 Å². The Bertz CT molecular complexity index is 1420. The summed E-state index contributed by atoms with van der Waals surface area (Å²) >= 11 is 0. The van der Waals surface area contributed by atoms with E-state index < -0.39 is 16.4 Å². The largest absolute Gasteiger partial charge is 0.465 e. The molecule has 0 heterocycles. The number of hydrogen-bond donors (Lipinski definition) is 4. The lowest BCUT2D eigenvalue weighted by Gasteiger charge is -2.23. The fourth-order valence-electron chi connectivity index (χ4n) is 5.52. The van der Waals surface area contributed by atoms with Gasteiger partial charge in [-0.15, -0.1) is 0 Å². The molecule has 0 unspecified atom stereocenters. The third-order valence-corrected chi connectivity index (χ3v) is 9.67. The highest BCUT2D eigenvalue weighted by atomic mass is 16.6. The van der Waals surface area contributed by atoms with Gasteiger partial charge in [-0.3, -0.25) is 33.6 Å². The highest BCUT2D eigenvalue weighted by Crippen LogP contribution is 2.32. The topological polar surface area (TPSA) is 242 Å². The summed E-state index contributed by atoms with van der Waals surface area (Å²) in [5, 5.41) is 0. The molecule has 0 radical (unpaired) electrons. The zero-order valence-electron chi connectivity index (χ0n) is 47.2. The van der Waals surface area contributed by atoms with Crippen molar-refractivity contribution in [3.8, 4) is 0 Å². The van der Waals surface area contributed by atoms with E-state index in [4.69, 9.17) is 32.4 Å². The number of carbonyl (C=O) groups excluding carboxylic acids is 7. The smallest absolute Gasteiger partial charge is 0.311 e. The predicted octanol–water partition coefficient (Wildman–Crippen LogP) is 9.78. The van der Waals surface area contributed by atoms with Crippen LogP contribution in [-0.2, 0) is 43.0 Å². The number of carbonyl (C=O) groups is 7. The van der Waals surface area contributed by atoms with E-state index in [1.807, 2.05) is 159 Å². The number of esters is 2. The highest BCUT2D eigenvalue weighted by molar-refractivity contribution is 5.90. The van der Waals surface area contributed by atoms with Gasteiger partial charge < -0.3 is 32.4 Å². The molecule has 1 saturated carbocycles. The average molecular weight is 943 g/mol. The molecule has 392 valence electrons. The minimum atomic E-state index is -0.485. The van der Waals surface area contributed by atoms with Crippen molar-refractivity contribution < 1.29 is 43.0 Å². The quantitative estimate of drug-likeness (QED) is 0.111. The Kier molecular flexibility index (Phi) is 34.2. The first-order chi connectivity index (χ1) is 29.0. The molecule has 8 N–H and O–H groups in total. The number of Topliss-reactive ketones (excluding diaryl/α,β-unsaturated/α-hetero) is 5. The van der Waals surface area contributed by atoms with Crippen LogP contribution >= 0.6 is 0 Å². The Hall–Kier alpha value is -2.87. The van der Waals surface area contributed by atoms with Gasteiger partial charge in [0.15, 0.2) is 17.3 Å². The molecule has 0 aliphatic heterocycles. The molecule has 0 aromatic heterocycles. The first-order valence-electron chi connectivity index (χ1n) is 24.0. The van der Waals surface area contributed by atoms with Gasteiger partial charge in [0.2, 0.25) is 0 Å². The van der Waals surface area contributed by atoms with Crippen molar-refractivity contribution in [1.29, 1.82) is 0 Å². The van der Waals surface area contributed by atoms with Gasteiger partial charge in [0, 0.05) is 38.9 Å². The van der Waals surface area contributed by atoms with Crippen LogP contribution in [-0.4, -0.2) is 78.2 Å². The van der Waals surface area contributed by atoms with E-state index >= 15 is 0 Å². The van der Waals surface area contributed by atoms with Crippen LogP contribution in [0.3, 0.4) is 0 Å². The zero-order chi connectivity index (χ0) is 54.2. The number of rotatable bonds is 11. The first kappa shape index (κ1) is 72.1. The molecule has 0 amide bonds. The lowest BCUT2D eigenvalue weighted by molar-refractivity contribution is -0.157. The van der Waals surface area contributed by atoms with Crippen molar-refractivity contribution in [2.75, 3.05) is 19.7 Å². The van der Waals surface area contributed by atoms with E-state index in [0.29, 0.717) is 24.9 Å². The van der Waals surface area contributed by atoms with E-state index in [-0.39, 0.29) is 93.6 Å². The minimum absolute atomic E-state index is 0.0957. The Balaban J connectivity index is -0.000000229. The number of ketones is 5. The predicted molar refractivity (Wildman–Crippen MR) is 273 cm³/mol. The van der Waals surface area contributed by atoms with Gasteiger partial charge in [-0.25, -0.2) is 0 Å². The van der Waals surface area contributed by atoms with Gasteiger partial charge in [0.05, 0.1) is 37.1 Å². The van der Waals surface area contributed by atoms with Gasteiger partial charge in [-0.05, 0) is 80.2 Å². The molecule has 1 aliphatic rings. The van der Waals surface area contributed by atoms with E-state index in [1.54, 1.807) is 13.8 Å². The Morgan fingerprint density at radius 3 is 1.15 bits per heavy atom. The van der Waals surface area contributed by atoms with Crippen molar-refractivity contribution in [3.63, 3.8) is 0 Å². The van der Waals surface area contributed by atoms with E-state index in [0.717, 1.165) is 19.3 Å². The standard InChI is InChI=1S/C13H24O3.C10H18O.C9H19NO.C8H17NO2.C7H15NO.C6H13NO/c1-9(11(15)12(2,3)4)8-10(14)16-13(5,6)7;1-10(2,3)9(11)8-6-4-5-7-8;1-6(2)7(10)8(11)9(3,4)5;1-8(2,3)7(10)11-6-4-5-9;1-5(8)6(9)7(2,3)4;1-6(2,3)5(8)4-7/h9H,8H2,1-7H3;8H,4-7H2,1-3H3;6-7H,10H2,1-5H3;4-6,9H2,1-3H3;5H,8H2,1-4H3;4,7H2,1-3H3/t9-;;7-;;5-;/m0.0.0./s1. The molecule has 1 aliphatic carbocycles. The van der Waals surface area contributed by atoms with Gasteiger partial charge in [0.25, 0.3) is 0 Å². The van der Waals surface area contributed by atoms with Crippen LogP contribution in [0.2, 0.25) is 0 Å². The molecule has 0 aromatic carbocycles. The summed E-state index contributed by atoms with van der Waals surface area (Å²) in [6.07, 6.45) is 5.68. The molecule has 13 heteroatoms. The summed E-state index contributed by atoms with van der Waals surface area (Å²) in [7, 11) is 0. The molecule has 13 nitrogen and oxygen atoms in total. The fraction of sp³-hybridized carbons (Fsp3) is 0.868. The molecule has 1 rings (SSSR count). The first-order valence-corrected chi connectivity index (χ1v) is 24.0. The van der Waals surface area contributed by atoms with Gasteiger partial charge >= 0.3 is 11.9 Å². The number of ether oxygens (including phenoxy) is 2. The summed E-state index contributed by atoms with van der Waals surface area (Å²) in [4.78, 5) is 79.4. The van der Waals surface area contributed by atoms with Crippen molar-refractivity contribution >= 4 is 40.9 Å². The summed E-state index contributed by atoms with van der Waals surface area (Å²) in [5.74, 6) is 0.802. The summed E-state index contributed by atoms with van der Waals surface area (Å²) in [6, 6.07) is -0.639. The summed E-state index contributed by atoms with van der Waals surface area (Å²) < 4.78 is 10.1. The summed E-state index contributed by atoms with van der Waals surface area (Å²) in [6.45, 7) is 48.1. The molecule has 1 fully saturated rings. The normalized spacial score (nSPS) is 14.8. The lowest BCUT2D eigenvalue weighted by atomic mass is 9.82. The molecule has 0 aromatic rings. The average Bonchev–Trinajstić information content (AvgIpc) is 3.66. The maximum Gasteiger partial charge on any atom is 0.311 e. The second-order valence-electron chi connectivity index (χ2n) is 25.1. The van der Waals surface area contributed by atoms with E-state index in [9.17, 15) is 33.6 Å². The summed E-state index contributed by atoms with van der Waals surface area (Å²) in [5.41, 5.74) is 19.2. The van der Waals surface area contributed by atoms with Crippen molar-refractivity contribution in [1.82, 2.24) is 0 Å². The number of nitrogens with two attached hydrogens (primary N) is 4. The molecular formula is C53H106N4O9. The Morgan fingerprint density at radius 2 is 0.939 bits per heavy atom. The third-order valence-electron chi connectivity index (χ3n) is 9.67. The second kappa shape index (κ2) is 31.3. The molecular weight excluding hydrogens is 837 g/mol. The number of hydrogen-bond acceptors (Lipinski definition) is 13. The molecule has 3 atom stereocenters. The van der Waals surface area contributed by atoms with Gasteiger partial charge in [-0.2, -0.15) is 0 Å². The highest BCUT2D eigenvalue weighted by Gasteiger charge is 2.32. The zero-order valence-corrected chi connectivity index (χ0v) is 47.2. The fourth-order valence-corrected chi connectivity index (χ4v) is 5.52. The van der Waals surface area contributed by atoms with Crippen LogP contribution in [0.5, 0.6) is 0 Å². The molecule has 0 saturated heterocycles. The second-order valence-corrected chi connectivity index (χ2v) is 25.1. The van der Waals surface area contributed by atoms with Gasteiger partial charge in [-0.1, -0.05) is 137 Å². The monoisotopic (exact) mass is 943 g/mol. The van der Waals surface area contributed by atoms with Crippen LogP contribution in [0.25, 0.3) is 0 Å². The molecule has 0 spiro atoms. The van der Waals surface area contributed by atoms with Gasteiger partial charge in [0.1, 0.15) is 17.2 Å². The third kappa shape index (κ3) is 38.1. The Labute approximate surface area is 404 Å². The van der Waals surface area contributed by atoms with Crippen LogP contribution in [0.1, 0.15) is 212 Å². The minimum Gasteiger partial charge on any atom is -0.465 e. The maximum atomic E-state index is 11.9. The maximum absolute atomic E-state index is 11.9.